The molecule has 2 heteroatoms. The molecule has 2 saturated heterocycles. The Hall–Kier alpha value is -0.0800. The Morgan fingerprint density at radius 2 is 1.87 bits per heavy atom. The molecule has 0 bridgehead atoms. The minimum Gasteiger partial charge on any atom is -0.316 e. The molecule has 0 spiro atoms. The van der Waals surface area contributed by atoms with E-state index in [1.54, 1.807) is 0 Å². The maximum Gasteiger partial charge on any atom is 0.00928 e. The Morgan fingerprint density at radius 1 is 1.20 bits per heavy atom. The standard InChI is InChI=1S/C13H26N2/c1-3-5-6-13(4-2)15-9-11-7-14-8-12(11)10-15/h11-14H,3-10H2,1-2H3/t11-,12+,13?. The summed E-state index contributed by atoms with van der Waals surface area (Å²) in [4.78, 5) is 2.77. The van der Waals surface area contributed by atoms with Crippen LogP contribution in [0.25, 0.3) is 0 Å². The van der Waals surface area contributed by atoms with Crippen molar-refractivity contribution in [3.63, 3.8) is 0 Å². The third kappa shape index (κ3) is 2.54. The van der Waals surface area contributed by atoms with Crippen LogP contribution in [0.5, 0.6) is 0 Å². The van der Waals surface area contributed by atoms with E-state index in [0.29, 0.717) is 0 Å². The van der Waals surface area contributed by atoms with Crippen LogP contribution >= 0.6 is 0 Å². The minimum absolute atomic E-state index is 0.871. The number of likely N-dealkylation sites (tertiary alicyclic amines) is 1. The summed E-state index contributed by atoms with van der Waals surface area (Å²) in [5, 5.41) is 3.52. The van der Waals surface area contributed by atoms with Crippen molar-refractivity contribution in [1.82, 2.24) is 10.2 Å². The number of nitrogens with zero attached hydrogens (tertiary/aromatic N) is 1. The van der Waals surface area contributed by atoms with Crippen LogP contribution in [0.4, 0.5) is 0 Å². The van der Waals surface area contributed by atoms with Crippen molar-refractivity contribution in [3.8, 4) is 0 Å². The van der Waals surface area contributed by atoms with E-state index in [1.165, 1.54) is 51.9 Å². The summed E-state index contributed by atoms with van der Waals surface area (Å²) in [7, 11) is 0. The van der Waals surface area contributed by atoms with Gasteiger partial charge < -0.3 is 5.32 Å². The number of hydrogen-bond donors (Lipinski definition) is 1. The van der Waals surface area contributed by atoms with Crippen LogP contribution in [-0.4, -0.2) is 37.1 Å². The number of rotatable bonds is 5. The van der Waals surface area contributed by atoms with Crippen LogP contribution < -0.4 is 5.32 Å². The van der Waals surface area contributed by atoms with E-state index in [9.17, 15) is 0 Å². The van der Waals surface area contributed by atoms with Crippen molar-refractivity contribution >= 4 is 0 Å². The van der Waals surface area contributed by atoms with Gasteiger partial charge in [-0.05, 0) is 37.8 Å². The summed E-state index contributed by atoms with van der Waals surface area (Å²) in [6, 6.07) is 0.871. The van der Waals surface area contributed by atoms with Gasteiger partial charge in [-0.3, -0.25) is 4.90 Å². The molecule has 1 unspecified atom stereocenters. The number of unbranched alkanes of at least 4 members (excludes halogenated alkanes) is 1. The first-order valence-electron chi connectivity index (χ1n) is 6.79. The van der Waals surface area contributed by atoms with Gasteiger partial charge in [0.05, 0.1) is 0 Å². The third-order valence-corrected chi connectivity index (χ3v) is 4.30. The van der Waals surface area contributed by atoms with Gasteiger partial charge in [0, 0.05) is 19.1 Å². The molecule has 0 amide bonds. The molecule has 0 aromatic rings. The van der Waals surface area contributed by atoms with Crippen LogP contribution in [-0.2, 0) is 0 Å². The fourth-order valence-electron chi connectivity index (χ4n) is 3.27. The van der Waals surface area contributed by atoms with Gasteiger partial charge in [-0.2, -0.15) is 0 Å². The second-order valence-electron chi connectivity index (χ2n) is 5.34. The van der Waals surface area contributed by atoms with E-state index in [-0.39, 0.29) is 0 Å². The van der Waals surface area contributed by atoms with Gasteiger partial charge in [0.25, 0.3) is 0 Å². The molecule has 2 nitrogen and oxygen atoms in total. The van der Waals surface area contributed by atoms with Crippen LogP contribution in [0.1, 0.15) is 39.5 Å². The molecule has 0 aliphatic carbocycles. The number of nitrogens with one attached hydrogen (secondary N) is 1. The van der Waals surface area contributed by atoms with Crippen LogP contribution in [0.15, 0.2) is 0 Å². The zero-order valence-corrected chi connectivity index (χ0v) is 10.3. The molecule has 0 saturated carbocycles. The van der Waals surface area contributed by atoms with E-state index < -0.39 is 0 Å². The fourth-order valence-corrected chi connectivity index (χ4v) is 3.27. The quantitative estimate of drug-likeness (QED) is 0.747. The largest absolute Gasteiger partial charge is 0.316 e. The molecule has 2 fully saturated rings. The molecule has 3 atom stereocenters. The Bertz CT molecular complexity index is 181. The second-order valence-corrected chi connectivity index (χ2v) is 5.34. The van der Waals surface area contributed by atoms with E-state index in [1.807, 2.05) is 0 Å². The molecule has 0 aromatic carbocycles. The summed E-state index contributed by atoms with van der Waals surface area (Å²) >= 11 is 0. The van der Waals surface area contributed by atoms with Gasteiger partial charge in [-0.1, -0.05) is 26.7 Å². The van der Waals surface area contributed by atoms with E-state index >= 15 is 0 Å². The zero-order valence-electron chi connectivity index (χ0n) is 10.3. The number of hydrogen-bond acceptors (Lipinski definition) is 2. The van der Waals surface area contributed by atoms with Gasteiger partial charge in [-0.15, -0.1) is 0 Å². The molecular weight excluding hydrogens is 184 g/mol. The van der Waals surface area contributed by atoms with Crippen molar-refractivity contribution in [1.29, 1.82) is 0 Å². The van der Waals surface area contributed by atoms with Crippen molar-refractivity contribution in [2.24, 2.45) is 11.8 Å². The predicted octanol–water partition coefficient (Wildman–Crippen LogP) is 2.11. The lowest BCUT2D eigenvalue weighted by atomic mass is 10.0. The first kappa shape index (κ1) is 11.4. The fraction of sp³-hybridized carbons (Fsp3) is 1.00. The van der Waals surface area contributed by atoms with Gasteiger partial charge in [0.15, 0.2) is 0 Å². The van der Waals surface area contributed by atoms with Gasteiger partial charge in [-0.25, -0.2) is 0 Å². The molecule has 88 valence electrons. The summed E-state index contributed by atoms with van der Waals surface area (Å²) in [5.41, 5.74) is 0. The highest BCUT2D eigenvalue weighted by Crippen LogP contribution is 2.29. The highest BCUT2D eigenvalue weighted by molar-refractivity contribution is 4.93. The molecule has 2 aliphatic heterocycles. The highest BCUT2D eigenvalue weighted by atomic mass is 15.2. The predicted molar refractivity (Wildman–Crippen MR) is 65.0 cm³/mol. The van der Waals surface area contributed by atoms with Crippen LogP contribution in [0.2, 0.25) is 0 Å². The van der Waals surface area contributed by atoms with Crippen molar-refractivity contribution in [2.75, 3.05) is 26.2 Å². The topological polar surface area (TPSA) is 15.3 Å². The van der Waals surface area contributed by atoms with E-state index in [2.05, 4.69) is 24.1 Å². The molecule has 2 aliphatic rings. The first-order valence-corrected chi connectivity index (χ1v) is 6.79. The minimum atomic E-state index is 0.871. The lowest BCUT2D eigenvalue weighted by Gasteiger charge is -2.27. The first-order chi connectivity index (χ1) is 7.35. The molecule has 0 radical (unpaired) electrons. The summed E-state index contributed by atoms with van der Waals surface area (Å²) in [6.45, 7) is 9.92. The normalized spacial score (nSPS) is 33.2. The Morgan fingerprint density at radius 3 is 2.40 bits per heavy atom. The lowest BCUT2D eigenvalue weighted by Crippen LogP contribution is -2.35. The van der Waals surface area contributed by atoms with Crippen molar-refractivity contribution < 1.29 is 0 Å². The Kier molecular flexibility index (Phi) is 4.04. The molecule has 2 heterocycles. The lowest BCUT2D eigenvalue weighted by molar-refractivity contribution is 0.206. The van der Waals surface area contributed by atoms with Gasteiger partial charge in [0.2, 0.25) is 0 Å². The molecule has 2 rings (SSSR count). The SMILES string of the molecule is CCCCC(CC)N1C[C@H]2CNC[C@H]2C1. The van der Waals surface area contributed by atoms with E-state index in [4.69, 9.17) is 0 Å². The van der Waals surface area contributed by atoms with E-state index in [0.717, 1.165) is 17.9 Å². The van der Waals surface area contributed by atoms with Gasteiger partial charge >= 0.3 is 0 Å². The Balaban J connectivity index is 1.82. The summed E-state index contributed by atoms with van der Waals surface area (Å²) < 4.78 is 0. The third-order valence-electron chi connectivity index (χ3n) is 4.30. The van der Waals surface area contributed by atoms with Crippen molar-refractivity contribution in [3.05, 3.63) is 0 Å². The molecule has 1 N–H and O–H groups in total. The summed E-state index contributed by atoms with van der Waals surface area (Å²) in [6.07, 6.45) is 5.51. The van der Waals surface area contributed by atoms with Crippen LogP contribution in [0.3, 0.4) is 0 Å². The van der Waals surface area contributed by atoms with Crippen molar-refractivity contribution in [2.45, 2.75) is 45.6 Å². The Labute approximate surface area is 94.4 Å². The molecule has 15 heavy (non-hydrogen) atoms. The summed E-state index contributed by atoms with van der Waals surface area (Å²) in [5.74, 6) is 1.92. The average molecular weight is 210 g/mol. The zero-order chi connectivity index (χ0) is 10.7. The monoisotopic (exact) mass is 210 g/mol. The smallest absolute Gasteiger partial charge is 0.00928 e. The maximum atomic E-state index is 3.52. The number of fused-ring (bicyclic) bond motifs is 1. The van der Waals surface area contributed by atoms with Gasteiger partial charge in [0.1, 0.15) is 0 Å². The average Bonchev–Trinajstić information content (AvgIpc) is 2.79. The maximum absolute atomic E-state index is 3.52. The molecule has 0 aromatic heterocycles. The highest BCUT2D eigenvalue weighted by Gasteiger charge is 2.37. The molecular formula is C13H26N2. The second kappa shape index (κ2) is 5.31. The van der Waals surface area contributed by atoms with Crippen LogP contribution in [0, 0.1) is 11.8 Å².